The van der Waals surface area contributed by atoms with Gasteiger partial charge in [-0.3, -0.25) is 4.79 Å². The average Bonchev–Trinajstić information content (AvgIpc) is 2.61. The van der Waals surface area contributed by atoms with E-state index in [0.29, 0.717) is 5.69 Å². The first-order valence-electron chi connectivity index (χ1n) is 9.06. The lowest BCUT2D eigenvalue weighted by Gasteiger charge is -2.20. The Labute approximate surface area is 171 Å². The highest BCUT2D eigenvalue weighted by atomic mass is 32.2. The molecule has 2 rings (SSSR count). The Morgan fingerprint density at radius 2 is 1.59 bits per heavy atom. The summed E-state index contributed by atoms with van der Waals surface area (Å²) in [7, 11) is -3.79. The number of sulfonamides is 1. The van der Waals surface area contributed by atoms with Gasteiger partial charge in [0.1, 0.15) is 0 Å². The number of carbonyl (C=O) groups excluding carboxylic acids is 2. The lowest BCUT2D eigenvalue weighted by molar-refractivity contribution is -0.119. The summed E-state index contributed by atoms with van der Waals surface area (Å²) in [6, 6.07) is 11.1. The molecule has 0 bridgehead atoms. The van der Waals surface area contributed by atoms with Crippen molar-refractivity contribution in [2.24, 2.45) is 0 Å². The summed E-state index contributed by atoms with van der Waals surface area (Å²) in [5, 5.41) is 2.72. The van der Waals surface area contributed by atoms with Gasteiger partial charge in [0.15, 0.2) is 6.61 Å². The van der Waals surface area contributed by atoms with Gasteiger partial charge in [-0.05, 0) is 63.9 Å². The minimum absolute atomic E-state index is 0.0432. The van der Waals surface area contributed by atoms with Crippen LogP contribution in [0.15, 0.2) is 47.4 Å². The quantitative estimate of drug-likeness (QED) is 0.702. The molecular formula is C21H26N2O5S. The van der Waals surface area contributed by atoms with Crippen LogP contribution in [0.5, 0.6) is 0 Å². The first-order chi connectivity index (χ1) is 13.4. The van der Waals surface area contributed by atoms with Crippen molar-refractivity contribution in [1.82, 2.24) is 4.72 Å². The summed E-state index contributed by atoms with van der Waals surface area (Å²) in [5.74, 6) is -1.26. The van der Waals surface area contributed by atoms with Crippen molar-refractivity contribution >= 4 is 27.6 Å². The molecule has 0 atom stereocenters. The number of aryl methyl sites for hydroxylation is 2. The molecule has 0 aliphatic heterocycles. The standard InChI is InChI=1S/C21H26N2O5S/c1-14-8-6-9-15(2)19(14)22-18(24)13-28-20(25)16-10-7-11-17(12-16)29(26,27)23-21(3,4)5/h6-12,23H,13H2,1-5H3,(H,22,24). The Morgan fingerprint density at radius 3 is 2.17 bits per heavy atom. The second-order valence-corrected chi connectivity index (χ2v) is 9.46. The highest BCUT2D eigenvalue weighted by molar-refractivity contribution is 7.89. The molecular weight excluding hydrogens is 392 g/mol. The molecule has 0 aliphatic rings. The molecule has 0 spiro atoms. The summed E-state index contributed by atoms with van der Waals surface area (Å²) in [4.78, 5) is 24.4. The van der Waals surface area contributed by atoms with Crippen LogP contribution in [0.1, 0.15) is 42.3 Å². The number of carbonyl (C=O) groups is 2. The van der Waals surface area contributed by atoms with Crippen molar-refractivity contribution < 1.29 is 22.7 Å². The lowest BCUT2D eigenvalue weighted by atomic mass is 10.1. The Morgan fingerprint density at radius 1 is 1.00 bits per heavy atom. The number of anilines is 1. The molecule has 0 aliphatic carbocycles. The van der Waals surface area contributed by atoms with E-state index in [1.165, 1.54) is 24.3 Å². The maximum absolute atomic E-state index is 12.4. The maximum Gasteiger partial charge on any atom is 0.338 e. The second-order valence-electron chi connectivity index (χ2n) is 7.77. The van der Waals surface area contributed by atoms with Gasteiger partial charge >= 0.3 is 5.97 Å². The molecule has 0 aromatic heterocycles. The van der Waals surface area contributed by atoms with Crippen LogP contribution in [0.25, 0.3) is 0 Å². The number of para-hydroxylation sites is 1. The highest BCUT2D eigenvalue weighted by Gasteiger charge is 2.23. The third kappa shape index (κ3) is 6.40. The van der Waals surface area contributed by atoms with Gasteiger partial charge in [-0.15, -0.1) is 0 Å². The molecule has 1 amide bonds. The fourth-order valence-electron chi connectivity index (χ4n) is 2.65. The van der Waals surface area contributed by atoms with Gasteiger partial charge in [-0.1, -0.05) is 24.3 Å². The molecule has 8 heteroatoms. The fraction of sp³-hybridized carbons (Fsp3) is 0.333. The molecule has 0 saturated carbocycles. The molecule has 2 aromatic rings. The van der Waals surface area contributed by atoms with E-state index in [1.807, 2.05) is 32.0 Å². The van der Waals surface area contributed by atoms with Crippen LogP contribution in [-0.2, 0) is 19.6 Å². The largest absolute Gasteiger partial charge is 0.452 e. The number of ether oxygens (including phenoxy) is 1. The van der Waals surface area contributed by atoms with Gasteiger partial charge in [-0.2, -0.15) is 0 Å². The van der Waals surface area contributed by atoms with Crippen LogP contribution < -0.4 is 10.0 Å². The van der Waals surface area contributed by atoms with Gasteiger partial charge < -0.3 is 10.1 Å². The van der Waals surface area contributed by atoms with Crippen molar-refractivity contribution in [1.29, 1.82) is 0 Å². The van der Waals surface area contributed by atoms with Crippen molar-refractivity contribution in [2.75, 3.05) is 11.9 Å². The number of hydrogen-bond acceptors (Lipinski definition) is 5. The lowest BCUT2D eigenvalue weighted by Crippen LogP contribution is -2.40. The first-order valence-corrected chi connectivity index (χ1v) is 10.5. The van der Waals surface area contributed by atoms with Crippen molar-refractivity contribution in [3.8, 4) is 0 Å². The van der Waals surface area contributed by atoms with Crippen molar-refractivity contribution in [3.05, 3.63) is 59.2 Å². The summed E-state index contributed by atoms with van der Waals surface area (Å²) in [6.07, 6.45) is 0. The molecule has 156 valence electrons. The predicted octanol–water partition coefficient (Wildman–Crippen LogP) is 3.18. The number of nitrogens with one attached hydrogen (secondary N) is 2. The number of benzene rings is 2. The zero-order valence-electron chi connectivity index (χ0n) is 17.2. The van der Waals surface area contributed by atoms with E-state index in [2.05, 4.69) is 10.0 Å². The normalized spacial score (nSPS) is 11.8. The van der Waals surface area contributed by atoms with Crippen LogP contribution >= 0.6 is 0 Å². The van der Waals surface area contributed by atoms with Crippen LogP contribution in [-0.4, -0.2) is 32.4 Å². The molecule has 0 radical (unpaired) electrons. The molecule has 7 nitrogen and oxygen atoms in total. The van der Waals surface area contributed by atoms with Crippen molar-refractivity contribution in [2.45, 2.75) is 45.1 Å². The van der Waals surface area contributed by atoms with E-state index in [0.717, 1.165) is 11.1 Å². The number of amides is 1. The summed E-state index contributed by atoms with van der Waals surface area (Å²) in [6.45, 7) is 8.41. The average molecular weight is 419 g/mol. The van der Waals surface area contributed by atoms with Crippen LogP contribution in [0.4, 0.5) is 5.69 Å². The Hall–Kier alpha value is -2.71. The van der Waals surface area contributed by atoms with Gasteiger partial charge in [-0.25, -0.2) is 17.9 Å². The van der Waals surface area contributed by atoms with E-state index in [1.54, 1.807) is 20.8 Å². The number of rotatable bonds is 6. The molecule has 0 saturated heterocycles. The SMILES string of the molecule is Cc1cccc(C)c1NC(=O)COC(=O)c1cccc(S(=O)(=O)NC(C)(C)C)c1. The monoisotopic (exact) mass is 418 g/mol. The first kappa shape index (κ1) is 22.6. The Kier molecular flexibility index (Phi) is 6.81. The van der Waals surface area contributed by atoms with E-state index in [9.17, 15) is 18.0 Å². The highest BCUT2D eigenvalue weighted by Crippen LogP contribution is 2.19. The van der Waals surface area contributed by atoms with Crippen molar-refractivity contribution in [3.63, 3.8) is 0 Å². The zero-order chi connectivity index (χ0) is 21.8. The molecule has 29 heavy (non-hydrogen) atoms. The molecule has 0 unspecified atom stereocenters. The summed E-state index contributed by atoms with van der Waals surface area (Å²) in [5.41, 5.74) is 1.85. The molecule has 2 aromatic carbocycles. The molecule has 0 heterocycles. The van der Waals surface area contributed by atoms with E-state index in [-0.39, 0.29) is 10.5 Å². The maximum atomic E-state index is 12.4. The second kappa shape index (κ2) is 8.75. The fourth-order valence-corrected chi connectivity index (χ4v) is 4.12. The van der Waals surface area contributed by atoms with Gasteiger partial charge in [0.05, 0.1) is 10.5 Å². The summed E-state index contributed by atoms with van der Waals surface area (Å²) >= 11 is 0. The van der Waals surface area contributed by atoms with Crippen LogP contribution in [0.2, 0.25) is 0 Å². The van der Waals surface area contributed by atoms with E-state index >= 15 is 0 Å². The Balaban J connectivity index is 2.05. The smallest absolute Gasteiger partial charge is 0.338 e. The number of hydrogen-bond donors (Lipinski definition) is 2. The molecule has 2 N–H and O–H groups in total. The van der Waals surface area contributed by atoms with Gasteiger partial charge in [0.2, 0.25) is 10.0 Å². The van der Waals surface area contributed by atoms with Crippen LogP contribution in [0.3, 0.4) is 0 Å². The van der Waals surface area contributed by atoms with E-state index in [4.69, 9.17) is 4.74 Å². The zero-order valence-corrected chi connectivity index (χ0v) is 18.0. The van der Waals surface area contributed by atoms with Crippen LogP contribution in [0, 0.1) is 13.8 Å². The third-order valence-corrected chi connectivity index (χ3v) is 5.66. The van der Waals surface area contributed by atoms with Gasteiger partial charge in [0, 0.05) is 11.2 Å². The molecule has 0 fully saturated rings. The minimum atomic E-state index is -3.79. The third-order valence-electron chi connectivity index (χ3n) is 3.90. The topological polar surface area (TPSA) is 102 Å². The summed E-state index contributed by atoms with van der Waals surface area (Å²) < 4.78 is 32.4. The number of esters is 1. The predicted molar refractivity (Wildman–Crippen MR) is 111 cm³/mol. The minimum Gasteiger partial charge on any atom is -0.452 e. The Bertz CT molecular complexity index is 1000. The van der Waals surface area contributed by atoms with Gasteiger partial charge in [0.25, 0.3) is 5.91 Å². The van der Waals surface area contributed by atoms with E-state index < -0.39 is 34.0 Å².